The third-order valence-corrected chi connectivity index (χ3v) is 6.07. The summed E-state index contributed by atoms with van der Waals surface area (Å²) in [6.45, 7) is 2.27. The molecule has 0 bridgehead atoms. The zero-order valence-corrected chi connectivity index (χ0v) is 15.1. The molecule has 6 heteroatoms. The van der Waals surface area contributed by atoms with Crippen LogP contribution in [-0.4, -0.2) is 32.5 Å². The van der Waals surface area contributed by atoms with Gasteiger partial charge in [-0.25, -0.2) is 0 Å². The number of nitrogens with one attached hydrogen (secondary N) is 1. The molecule has 1 saturated heterocycles. The number of furan rings is 1. The number of carbonyl (C=O) groups is 1. The molecule has 142 valence electrons. The molecule has 2 aliphatic heterocycles. The number of carbonyl (C=O) groups excluding carboxylic acids is 1. The van der Waals surface area contributed by atoms with E-state index in [1.165, 1.54) is 5.56 Å². The summed E-state index contributed by atoms with van der Waals surface area (Å²) in [5.41, 5.74) is 1.04. The monoisotopic (exact) mass is 369 g/mol. The van der Waals surface area contributed by atoms with Crippen molar-refractivity contribution in [1.29, 1.82) is 0 Å². The molecule has 27 heavy (non-hydrogen) atoms. The van der Waals surface area contributed by atoms with E-state index in [4.69, 9.17) is 18.6 Å². The van der Waals surface area contributed by atoms with Crippen LogP contribution in [0.1, 0.15) is 36.5 Å². The summed E-state index contributed by atoms with van der Waals surface area (Å²) in [6.07, 6.45) is 4.27. The largest absolute Gasteiger partial charge is 0.469 e. The third-order valence-electron chi connectivity index (χ3n) is 6.07. The number of benzene rings is 1. The smallest absolute Gasteiger partial charge is 0.231 e. The van der Waals surface area contributed by atoms with Gasteiger partial charge in [0.15, 0.2) is 11.5 Å². The first-order chi connectivity index (χ1) is 13.3. The summed E-state index contributed by atoms with van der Waals surface area (Å²) in [7, 11) is 0. The molecule has 1 aliphatic carbocycles. The van der Waals surface area contributed by atoms with Crippen molar-refractivity contribution in [1.82, 2.24) is 5.32 Å². The molecule has 0 unspecified atom stereocenters. The van der Waals surface area contributed by atoms with Crippen LogP contribution >= 0.6 is 0 Å². The molecule has 5 rings (SSSR count). The fourth-order valence-electron chi connectivity index (χ4n) is 4.24. The Labute approximate surface area is 157 Å². The minimum atomic E-state index is -0.135. The highest BCUT2D eigenvalue weighted by Gasteiger charge is 2.46. The molecule has 1 amide bonds. The lowest BCUT2D eigenvalue weighted by Gasteiger charge is -2.38. The Bertz CT molecular complexity index is 825. The molecule has 0 radical (unpaired) electrons. The Hall–Kier alpha value is -2.47. The molecule has 1 aromatic carbocycles. The van der Waals surface area contributed by atoms with Crippen LogP contribution in [0.5, 0.6) is 11.5 Å². The van der Waals surface area contributed by atoms with Gasteiger partial charge in [0.2, 0.25) is 12.7 Å². The zero-order chi connectivity index (χ0) is 18.3. The number of amides is 1. The Morgan fingerprint density at radius 1 is 1.15 bits per heavy atom. The minimum absolute atomic E-state index is 0.0183. The fraction of sp³-hybridized carbons (Fsp3) is 0.476. The lowest BCUT2D eigenvalue weighted by atomic mass is 9.74. The molecule has 2 aromatic rings. The highest BCUT2D eigenvalue weighted by atomic mass is 16.7. The summed E-state index contributed by atoms with van der Waals surface area (Å²) in [6, 6.07) is 9.94. The molecule has 6 nitrogen and oxygen atoms in total. The minimum Gasteiger partial charge on any atom is -0.469 e. The van der Waals surface area contributed by atoms with Gasteiger partial charge in [0.1, 0.15) is 5.76 Å². The van der Waals surface area contributed by atoms with Crippen molar-refractivity contribution in [2.45, 2.75) is 30.6 Å². The van der Waals surface area contributed by atoms with Gasteiger partial charge in [0, 0.05) is 37.0 Å². The standard InChI is InChI=1S/C21H23NO5/c23-20(16-11-15(16)17-2-1-7-25-17)22-12-21(5-8-24-9-6-21)14-3-4-18-19(10-14)27-13-26-18/h1-4,7,10,15-16H,5-6,8-9,11-13H2,(H,22,23)/t15-,16+/m0/s1. The predicted molar refractivity (Wildman–Crippen MR) is 96.9 cm³/mol. The summed E-state index contributed by atoms with van der Waals surface area (Å²) in [5, 5.41) is 3.21. The van der Waals surface area contributed by atoms with Gasteiger partial charge in [0.05, 0.1) is 6.26 Å². The van der Waals surface area contributed by atoms with E-state index < -0.39 is 0 Å². The summed E-state index contributed by atoms with van der Waals surface area (Å²) < 4.78 is 22.0. The highest BCUT2D eigenvalue weighted by molar-refractivity contribution is 5.82. The first-order valence-corrected chi connectivity index (χ1v) is 9.54. The maximum Gasteiger partial charge on any atom is 0.231 e. The molecular weight excluding hydrogens is 346 g/mol. The van der Waals surface area contributed by atoms with Crippen LogP contribution < -0.4 is 14.8 Å². The van der Waals surface area contributed by atoms with E-state index in [1.54, 1.807) is 6.26 Å². The van der Waals surface area contributed by atoms with Crippen molar-refractivity contribution in [3.8, 4) is 11.5 Å². The van der Waals surface area contributed by atoms with E-state index >= 15 is 0 Å². The zero-order valence-electron chi connectivity index (χ0n) is 15.1. The molecule has 3 heterocycles. The average Bonchev–Trinajstić information content (AvgIpc) is 3.10. The lowest BCUT2D eigenvalue weighted by Crippen LogP contribution is -2.45. The Kier molecular flexibility index (Phi) is 4.08. The second-order valence-electron chi connectivity index (χ2n) is 7.64. The molecule has 0 spiro atoms. The second-order valence-corrected chi connectivity index (χ2v) is 7.64. The third kappa shape index (κ3) is 3.08. The fourth-order valence-corrected chi connectivity index (χ4v) is 4.24. The van der Waals surface area contributed by atoms with Crippen molar-refractivity contribution < 1.29 is 23.4 Å². The molecule has 3 aliphatic rings. The molecular formula is C21H23NO5. The Morgan fingerprint density at radius 2 is 2.00 bits per heavy atom. The van der Waals surface area contributed by atoms with Gasteiger partial charge in [-0.1, -0.05) is 6.07 Å². The Morgan fingerprint density at radius 3 is 2.81 bits per heavy atom. The molecule has 2 atom stereocenters. The topological polar surface area (TPSA) is 69.9 Å². The highest BCUT2D eigenvalue weighted by Crippen LogP contribution is 2.48. The average molecular weight is 369 g/mol. The molecule has 1 N–H and O–H groups in total. The van der Waals surface area contributed by atoms with Gasteiger partial charge in [-0.05, 0) is 49.1 Å². The molecule has 2 fully saturated rings. The number of ether oxygens (including phenoxy) is 3. The van der Waals surface area contributed by atoms with E-state index in [0.717, 1.165) is 36.5 Å². The summed E-state index contributed by atoms with van der Waals surface area (Å²) in [5.74, 6) is 2.82. The van der Waals surface area contributed by atoms with Gasteiger partial charge < -0.3 is 23.9 Å². The van der Waals surface area contributed by atoms with E-state index in [9.17, 15) is 4.79 Å². The van der Waals surface area contributed by atoms with Gasteiger partial charge in [-0.15, -0.1) is 0 Å². The molecule has 1 aromatic heterocycles. The second kappa shape index (κ2) is 6.60. The van der Waals surface area contributed by atoms with E-state index in [0.29, 0.717) is 19.8 Å². The van der Waals surface area contributed by atoms with Gasteiger partial charge in [0.25, 0.3) is 0 Å². The summed E-state index contributed by atoms with van der Waals surface area (Å²) >= 11 is 0. The predicted octanol–water partition coefficient (Wildman–Crippen LogP) is 2.98. The van der Waals surface area contributed by atoms with Crippen molar-refractivity contribution in [2.24, 2.45) is 5.92 Å². The first kappa shape index (κ1) is 16.7. The van der Waals surface area contributed by atoms with Crippen LogP contribution in [0.4, 0.5) is 0 Å². The van der Waals surface area contributed by atoms with Crippen molar-refractivity contribution >= 4 is 5.91 Å². The van der Waals surface area contributed by atoms with Crippen molar-refractivity contribution in [2.75, 3.05) is 26.6 Å². The number of rotatable bonds is 5. The van der Waals surface area contributed by atoms with Crippen LogP contribution in [-0.2, 0) is 14.9 Å². The Balaban J connectivity index is 1.30. The maximum absolute atomic E-state index is 12.7. The van der Waals surface area contributed by atoms with Crippen LogP contribution in [0, 0.1) is 5.92 Å². The van der Waals surface area contributed by atoms with Gasteiger partial charge in [-0.2, -0.15) is 0 Å². The van der Waals surface area contributed by atoms with E-state index in [2.05, 4.69) is 17.4 Å². The van der Waals surface area contributed by atoms with Crippen LogP contribution in [0.25, 0.3) is 0 Å². The number of fused-ring (bicyclic) bond motifs is 1. The van der Waals surface area contributed by atoms with Crippen LogP contribution in [0.15, 0.2) is 41.0 Å². The van der Waals surface area contributed by atoms with E-state index in [1.807, 2.05) is 18.2 Å². The van der Waals surface area contributed by atoms with Crippen molar-refractivity contribution in [3.63, 3.8) is 0 Å². The van der Waals surface area contributed by atoms with E-state index in [-0.39, 0.29) is 30.0 Å². The number of hydrogen-bond donors (Lipinski definition) is 1. The number of hydrogen-bond acceptors (Lipinski definition) is 5. The summed E-state index contributed by atoms with van der Waals surface area (Å²) in [4.78, 5) is 12.7. The van der Waals surface area contributed by atoms with Gasteiger partial charge >= 0.3 is 0 Å². The SMILES string of the molecule is O=C(NCC1(c2ccc3c(c2)OCO3)CCOCC1)[C@@H]1C[C@@H]1c1ccco1. The molecule has 1 saturated carbocycles. The van der Waals surface area contributed by atoms with Crippen LogP contribution in [0.3, 0.4) is 0 Å². The van der Waals surface area contributed by atoms with Crippen molar-refractivity contribution in [3.05, 3.63) is 47.9 Å². The maximum atomic E-state index is 12.7. The van der Waals surface area contributed by atoms with Gasteiger partial charge in [-0.3, -0.25) is 4.79 Å². The normalized spacial score (nSPS) is 25.2. The van der Waals surface area contributed by atoms with Crippen LogP contribution in [0.2, 0.25) is 0 Å². The first-order valence-electron chi connectivity index (χ1n) is 9.54. The quantitative estimate of drug-likeness (QED) is 0.877. The lowest BCUT2D eigenvalue weighted by molar-refractivity contribution is -0.123.